The Morgan fingerprint density at radius 3 is 2.60 bits per heavy atom. The van der Waals surface area contributed by atoms with Gasteiger partial charge in [0.1, 0.15) is 6.54 Å². The average molecular weight is 282 g/mol. The number of carboxylic acid groups (broad SMARTS) is 1. The third kappa shape index (κ3) is 1.97. The molecule has 2 aliphatic heterocycles. The highest BCUT2D eigenvalue weighted by atomic mass is 16.5. The molecule has 2 rings (SSSR count). The van der Waals surface area contributed by atoms with Crippen molar-refractivity contribution in [3.63, 3.8) is 0 Å². The summed E-state index contributed by atoms with van der Waals surface area (Å²) in [5.74, 6) is -1.95. The molecule has 1 saturated heterocycles. The zero-order chi connectivity index (χ0) is 15.0. The number of aliphatic carboxylic acids is 1. The lowest BCUT2D eigenvalue weighted by Crippen LogP contribution is -2.57. The molecule has 20 heavy (non-hydrogen) atoms. The van der Waals surface area contributed by atoms with Crippen LogP contribution in [-0.2, 0) is 14.3 Å². The first kappa shape index (κ1) is 14.2. The zero-order valence-electron chi connectivity index (χ0n) is 11.5. The fourth-order valence-corrected chi connectivity index (χ4v) is 2.42. The molecule has 2 aliphatic rings. The van der Waals surface area contributed by atoms with E-state index in [4.69, 9.17) is 4.74 Å². The number of nitrogens with zero attached hydrogens (tertiary/aromatic N) is 3. The molecule has 8 nitrogen and oxygen atoms in total. The van der Waals surface area contributed by atoms with Crippen LogP contribution in [0, 0.1) is 5.92 Å². The Bertz CT molecular complexity index is 551. The molecule has 0 aromatic carbocycles. The van der Waals surface area contributed by atoms with Gasteiger partial charge in [0, 0.05) is 14.2 Å². The van der Waals surface area contributed by atoms with E-state index in [0.29, 0.717) is 5.84 Å². The molecule has 0 radical (unpaired) electrons. The first-order valence-corrected chi connectivity index (χ1v) is 6.03. The molecule has 0 saturated carbocycles. The summed E-state index contributed by atoms with van der Waals surface area (Å²) in [7, 11) is 4.40. The topological polar surface area (TPSA) is 90.2 Å². The summed E-state index contributed by atoms with van der Waals surface area (Å²) in [4.78, 5) is 37.7. The molecular formula is C12H16N3O5+. The van der Waals surface area contributed by atoms with Crippen molar-refractivity contribution in [3.8, 4) is 0 Å². The number of methoxy groups -OCH3 is 1. The van der Waals surface area contributed by atoms with Crippen molar-refractivity contribution in [3.05, 3.63) is 11.8 Å². The second-order valence-corrected chi connectivity index (χ2v) is 4.58. The highest BCUT2D eigenvalue weighted by molar-refractivity contribution is 6.18. The Labute approximate surface area is 115 Å². The Morgan fingerprint density at radius 2 is 2.05 bits per heavy atom. The minimum atomic E-state index is -1.14. The van der Waals surface area contributed by atoms with E-state index in [9.17, 15) is 19.5 Å². The SMILES string of the molecule is COCC[N+]1=C2C(C=C1C(=O)O)C(=O)N(C)C(=O)N2C. The maximum Gasteiger partial charge on any atom is 0.417 e. The minimum Gasteiger partial charge on any atom is -0.475 e. The zero-order valence-corrected chi connectivity index (χ0v) is 11.5. The molecule has 2 heterocycles. The summed E-state index contributed by atoms with van der Waals surface area (Å²) in [6.45, 7) is 0.544. The molecule has 3 amide bonds. The number of rotatable bonds is 4. The van der Waals surface area contributed by atoms with Crippen LogP contribution in [0.4, 0.5) is 4.79 Å². The van der Waals surface area contributed by atoms with Crippen molar-refractivity contribution in [2.75, 3.05) is 34.4 Å². The van der Waals surface area contributed by atoms with Crippen LogP contribution in [0.1, 0.15) is 0 Å². The minimum absolute atomic E-state index is 0.00894. The maximum absolute atomic E-state index is 12.1. The summed E-state index contributed by atoms with van der Waals surface area (Å²) in [5, 5.41) is 9.24. The van der Waals surface area contributed by atoms with Crippen molar-refractivity contribution >= 4 is 23.7 Å². The van der Waals surface area contributed by atoms with Gasteiger partial charge in [-0.2, -0.15) is 4.90 Å². The second-order valence-electron chi connectivity index (χ2n) is 4.58. The van der Waals surface area contributed by atoms with Gasteiger partial charge in [0.25, 0.3) is 11.7 Å². The molecule has 1 N–H and O–H groups in total. The van der Waals surface area contributed by atoms with E-state index in [0.717, 1.165) is 4.90 Å². The van der Waals surface area contributed by atoms with E-state index in [1.807, 2.05) is 0 Å². The lowest BCUT2D eigenvalue weighted by atomic mass is 10.0. The quantitative estimate of drug-likeness (QED) is 0.679. The summed E-state index contributed by atoms with van der Waals surface area (Å²) < 4.78 is 6.39. The summed E-state index contributed by atoms with van der Waals surface area (Å²) >= 11 is 0. The van der Waals surface area contributed by atoms with Gasteiger partial charge in [-0.05, 0) is 6.08 Å². The van der Waals surface area contributed by atoms with Crippen molar-refractivity contribution in [2.45, 2.75) is 0 Å². The fraction of sp³-hybridized carbons (Fsp3) is 0.500. The lowest BCUT2D eigenvalue weighted by Gasteiger charge is -2.27. The van der Waals surface area contributed by atoms with Crippen molar-refractivity contribution in [1.29, 1.82) is 0 Å². The van der Waals surface area contributed by atoms with Crippen LogP contribution in [0.3, 0.4) is 0 Å². The van der Waals surface area contributed by atoms with E-state index in [1.165, 1.54) is 36.8 Å². The lowest BCUT2D eigenvalue weighted by molar-refractivity contribution is -0.478. The largest absolute Gasteiger partial charge is 0.475 e. The average Bonchev–Trinajstić information content (AvgIpc) is 2.80. The Hall–Kier alpha value is -2.22. The van der Waals surface area contributed by atoms with Crippen LogP contribution in [0.5, 0.6) is 0 Å². The predicted octanol–water partition coefficient (Wildman–Crippen LogP) is -0.834. The standard InChI is InChI=1S/C12H15N3O5/c1-13-9-7(10(16)14(2)12(13)19)6-8(11(17)18)15(9)4-5-20-3/h6-7H,4-5H2,1-3H3/p+1. The number of amides is 3. The van der Waals surface area contributed by atoms with E-state index in [2.05, 4.69) is 0 Å². The number of imide groups is 1. The molecule has 0 aromatic rings. The van der Waals surface area contributed by atoms with Crippen LogP contribution in [0.15, 0.2) is 11.8 Å². The maximum atomic E-state index is 12.1. The van der Waals surface area contributed by atoms with Gasteiger partial charge < -0.3 is 9.84 Å². The van der Waals surface area contributed by atoms with Crippen molar-refractivity contribution in [1.82, 2.24) is 9.80 Å². The molecule has 0 aliphatic carbocycles. The van der Waals surface area contributed by atoms with Gasteiger partial charge in [0.15, 0.2) is 5.92 Å². The van der Waals surface area contributed by atoms with Gasteiger partial charge in [-0.1, -0.05) is 0 Å². The molecule has 8 heteroatoms. The summed E-state index contributed by atoms with van der Waals surface area (Å²) in [6, 6.07) is -0.483. The molecule has 1 unspecified atom stereocenters. The molecule has 0 spiro atoms. The molecule has 1 atom stereocenters. The van der Waals surface area contributed by atoms with Gasteiger partial charge >= 0.3 is 12.0 Å². The van der Waals surface area contributed by atoms with Crippen LogP contribution < -0.4 is 0 Å². The number of hydrogen-bond donors (Lipinski definition) is 1. The highest BCUT2D eigenvalue weighted by Crippen LogP contribution is 2.25. The van der Waals surface area contributed by atoms with E-state index in [-0.39, 0.29) is 18.8 Å². The number of carbonyl (C=O) groups excluding carboxylic acids is 2. The summed E-state index contributed by atoms with van der Waals surface area (Å²) in [5.41, 5.74) is -0.00894. The number of hydrogen-bond acceptors (Lipinski definition) is 4. The van der Waals surface area contributed by atoms with E-state index < -0.39 is 23.8 Å². The molecular weight excluding hydrogens is 266 g/mol. The number of carboxylic acids is 1. The van der Waals surface area contributed by atoms with Crippen molar-refractivity contribution in [2.24, 2.45) is 5.92 Å². The first-order chi connectivity index (χ1) is 9.40. The van der Waals surface area contributed by atoms with Crippen LogP contribution in [0.25, 0.3) is 0 Å². The number of fused-ring (bicyclic) bond motifs is 1. The molecule has 108 valence electrons. The van der Waals surface area contributed by atoms with E-state index >= 15 is 0 Å². The Morgan fingerprint density at radius 1 is 1.40 bits per heavy atom. The molecule has 0 aromatic heterocycles. The number of amidine groups is 1. The fourth-order valence-electron chi connectivity index (χ4n) is 2.42. The number of ether oxygens (including phenoxy) is 1. The van der Waals surface area contributed by atoms with Crippen molar-refractivity contribution < 1.29 is 28.8 Å². The normalized spacial score (nSPS) is 22.4. The van der Waals surface area contributed by atoms with Gasteiger partial charge in [0.2, 0.25) is 5.70 Å². The highest BCUT2D eigenvalue weighted by Gasteiger charge is 2.51. The van der Waals surface area contributed by atoms with Gasteiger partial charge in [0.05, 0.1) is 13.7 Å². The number of carbonyl (C=O) groups is 3. The van der Waals surface area contributed by atoms with Gasteiger partial charge in [-0.25, -0.2) is 19.1 Å². The third-order valence-corrected chi connectivity index (χ3v) is 3.42. The second kappa shape index (κ2) is 5.04. The molecule has 1 fully saturated rings. The Balaban J connectivity index is 2.51. The van der Waals surface area contributed by atoms with Gasteiger partial charge in [-0.3, -0.25) is 4.79 Å². The van der Waals surface area contributed by atoms with Crippen LogP contribution in [0.2, 0.25) is 0 Å². The van der Waals surface area contributed by atoms with Gasteiger partial charge in [-0.15, -0.1) is 0 Å². The van der Waals surface area contributed by atoms with E-state index in [1.54, 1.807) is 0 Å². The monoisotopic (exact) mass is 282 g/mol. The predicted molar refractivity (Wildman–Crippen MR) is 67.1 cm³/mol. The smallest absolute Gasteiger partial charge is 0.417 e. The summed E-state index contributed by atoms with van der Waals surface area (Å²) in [6.07, 6.45) is 1.37. The van der Waals surface area contributed by atoms with Crippen LogP contribution >= 0.6 is 0 Å². The molecule has 0 bridgehead atoms. The Kier molecular flexibility index (Phi) is 3.58. The number of urea groups is 1. The van der Waals surface area contributed by atoms with Crippen LogP contribution in [-0.4, -0.2) is 77.6 Å². The third-order valence-electron chi connectivity index (χ3n) is 3.42. The first-order valence-electron chi connectivity index (χ1n) is 6.03.